The minimum atomic E-state index is -0.538. The van der Waals surface area contributed by atoms with Gasteiger partial charge in [0.15, 0.2) is 0 Å². The van der Waals surface area contributed by atoms with E-state index in [1.165, 1.54) is 0 Å². The Morgan fingerprint density at radius 1 is 1.06 bits per heavy atom. The van der Waals surface area contributed by atoms with Crippen molar-refractivity contribution in [3.05, 3.63) is 64.0 Å². The highest BCUT2D eigenvalue weighted by Crippen LogP contribution is 2.33. The predicted octanol–water partition coefficient (Wildman–Crippen LogP) is 4.63. The molecule has 1 aromatic carbocycles. The van der Waals surface area contributed by atoms with Crippen LogP contribution in [-0.2, 0) is 12.8 Å². The Bertz CT molecular complexity index is 1060. The zero-order valence-corrected chi connectivity index (χ0v) is 19.0. The molecule has 0 spiro atoms. The first kappa shape index (κ1) is 21.8. The number of β-amino-alcohol motifs (C(OH)–C–C–N with tert-alkyl or cyclic N) is 1. The highest BCUT2D eigenvalue weighted by atomic mass is 35.5. The summed E-state index contributed by atoms with van der Waals surface area (Å²) < 4.78 is 0. The molecule has 6 nitrogen and oxygen atoms in total. The van der Waals surface area contributed by atoms with E-state index in [-0.39, 0.29) is 6.04 Å². The summed E-state index contributed by atoms with van der Waals surface area (Å²) in [5.74, 6) is 1.56. The minimum absolute atomic E-state index is 0.170. The third-order valence-electron chi connectivity index (χ3n) is 5.48. The summed E-state index contributed by atoms with van der Waals surface area (Å²) in [6.07, 6.45) is 2.62. The van der Waals surface area contributed by atoms with Gasteiger partial charge < -0.3 is 15.3 Å². The Kier molecular flexibility index (Phi) is 6.60. The van der Waals surface area contributed by atoms with Crippen LogP contribution < -0.4 is 10.2 Å². The van der Waals surface area contributed by atoms with E-state index < -0.39 is 6.10 Å². The molecule has 0 aliphatic carbocycles. The van der Waals surface area contributed by atoms with Crippen molar-refractivity contribution < 1.29 is 5.11 Å². The molecule has 1 fully saturated rings. The lowest BCUT2D eigenvalue weighted by Crippen LogP contribution is -2.33. The maximum Gasteiger partial charge on any atom is 0.148 e. The van der Waals surface area contributed by atoms with Gasteiger partial charge in [-0.1, -0.05) is 43.1 Å². The van der Waals surface area contributed by atoms with Gasteiger partial charge in [-0.25, -0.2) is 15.0 Å². The Balaban J connectivity index is 1.63. The molecule has 162 valence electrons. The second-order valence-electron chi connectivity index (χ2n) is 7.56. The summed E-state index contributed by atoms with van der Waals surface area (Å²) in [4.78, 5) is 16.3. The third-order valence-corrected chi connectivity index (χ3v) is 6.03. The molecule has 4 rings (SSSR count). The van der Waals surface area contributed by atoms with E-state index in [0.29, 0.717) is 41.8 Å². The van der Waals surface area contributed by atoms with Gasteiger partial charge in [0.05, 0.1) is 34.3 Å². The normalized spacial score (nSPS) is 18.4. The van der Waals surface area contributed by atoms with Crippen LogP contribution in [0.3, 0.4) is 0 Å². The van der Waals surface area contributed by atoms with E-state index in [4.69, 9.17) is 33.2 Å². The fourth-order valence-corrected chi connectivity index (χ4v) is 4.34. The van der Waals surface area contributed by atoms with Crippen LogP contribution in [0.5, 0.6) is 0 Å². The van der Waals surface area contributed by atoms with Gasteiger partial charge in [-0.3, -0.25) is 0 Å². The topological polar surface area (TPSA) is 74.2 Å². The number of aliphatic hydroxyl groups is 1. The lowest BCUT2D eigenvalue weighted by atomic mass is 10.1. The van der Waals surface area contributed by atoms with Crippen molar-refractivity contribution in [3.8, 4) is 11.3 Å². The second kappa shape index (κ2) is 9.39. The number of aromatic nitrogens is 3. The predicted molar refractivity (Wildman–Crippen MR) is 126 cm³/mol. The summed E-state index contributed by atoms with van der Waals surface area (Å²) >= 11 is 12.5. The lowest BCUT2D eigenvalue weighted by molar-refractivity contribution is 0.186. The molecule has 0 saturated carbocycles. The first-order valence-electron chi connectivity index (χ1n) is 10.5. The SMILES string of the molecule is CCc1nc(-c2ccc(Cl)cc2Cl)c(CC)nc1N[C@@H]1CN(c2ccccn2)C[C@@H]1O. The number of aliphatic hydroxyl groups excluding tert-OH is 1. The largest absolute Gasteiger partial charge is 0.389 e. The third kappa shape index (κ3) is 4.61. The van der Waals surface area contributed by atoms with Gasteiger partial charge in [0, 0.05) is 29.9 Å². The number of hydrogen-bond acceptors (Lipinski definition) is 6. The van der Waals surface area contributed by atoms with Gasteiger partial charge in [0.2, 0.25) is 0 Å². The number of aryl methyl sites for hydroxylation is 2. The molecule has 0 radical (unpaired) electrons. The number of rotatable bonds is 6. The van der Waals surface area contributed by atoms with Gasteiger partial charge in [0.25, 0.3) is 0 Å². The molecule has 3 aromatic rings. The molecule has 2 N–H and O–H groups in total. The number of benzene rings is 1. The number of pyridine rings is 1. The zero-order valence-electron chi connectivity index (χ0n) is 17.5. The highest BCUT2D eigenvalue weighted by molar-refractivity contribution is 6.36. The molecule has 8 heteroatoms. The van der Waals surface area contributed by atoms with Gasteiger partial charge in [-0.2, -0.15) is 0 Å². The average Bonchev–Trinajstić information content (AvgIpc) is 3.14. The van der Waals surface area contributed by atoms with Crippen molar-refractivity contribution in [2.45, 2.75) is 38.8 Å². The molecular weight excluding hydrogens is 433 g/mol. The van der Waals surface area contributed by atoms with Crippen LogP contribution >= 0.6 is 23.2 Å². The molecule has 0 amide bonds. The summed E-state index contributed by atoms with van der Waals surface area (Å²) in [5, 5.41) is 15.2. The van der Waals surface area contributed by atoms with E-state index in [0.717, 1.165) is 28.5 Å². The van der Waals surface area contributed by atoms with Crippen molar-refractivity contribution in [1.82, 2.24) is 15.0 Å². The summed E-state index contributed by atoms with van der Waals surface area (Å²) in [7, 11) is 0. The summed E-state index contributed by atoms with van der Waals surface area (Å²) in [6, 6.07) is 11.0. The van der Waals surface area contributed by atoms with Crippen molar-refractivity contribution in [2.24, 2.45) is 0 Å². The first-order valence-corrected chi connectivity index (χ1v) is 11.2. The van der Waals surface area contributed by atoms with Crippen LogP contribution in [0, 0.1) is 0 Å². The van der Waals surface area contributed by atoms with Gasteiger partial charge in [-0.05, 0) is 43.2 Å². The molecule has 1 saturated heterocycles. The van der Waals surface area contributed by atoms with Gasteiger partial charge >= 0.3 is 0 Å². The Hall–Kier alpha value is -2.41. The standard InChI is InChI=1S/C23H25Cl2N5O/c1-3-17-22(15-9-8-14(24)11-16(15)25)27-18(4-2)23(28-17)29-19-12-30(13-20(19)31)21-7-5-6-10-26-21/h5-11,19-20,31H,3-4,12-13H2,1-2H3,(H,28,29)/t19-,20+/m1/s1. The summed E-state index contributed by atoms with van der Waals surface area (Å²) in [6.45, 7) is 5.23. The number of hydrogen-bond donors (Lipinski definition) is 2. The molecule has 2 aromatic heterocycles. The average molecular weight is 458 g/mol. The number of nitrogens with zero attached hydrogens (tertiary/aromatic N) is 4. The molecule has 2 atom stereocenters. The number of halogens is 2. The second-order valence-corrected chi connectivity index (χ2v) is 8.40. The molecule has 1 aliphatic heterocycles. The van der Waals surface area contributed by atoms with E-state index >= 15 is 0 Å². The van der Waals surface area contributed by atoms with E-state index in [9.17, 15) is 5.11 Å². The monoisotopic (exact) mass is 457 g/mol. The molecule has 0 bridgehead atoms. The van der Waals surface area contributed by atoms with E-state index in [2.05, 4.69) is 15.2 Å². The maximum absolute atomic E-state index is 10.7. The quantitative estimate of drug-likeness (QED) is 0.561. The fraction of sp³-hybridized carbons (Fsp3) is 0.348. The number of anilines is 2. The highest BCUT2D eigenvalue weighted by Gasteiger charge is 2.33. The zero-order chi connectivity index (χ0) is 22.0. The Morgan fingerprint density at radius 3 is 2.55 bits per heavy atom. The Labute approximate surface area is 192 Å². The van der Waals surface area contributed by atoms with Crippen molar-refractivity contribution >= 4 is 34.8 Å². The first-order chi connectivity index (χ1) is 15.0. The summed E-state index contributed by atoms with van der Waals surface area (Å²) in [5.41, 5.74) is 3.27. The van der Waals surface area contributed by atoms with Gasteiger partial charge in [-0.15, -0.1) is 0 Å². The molecule has 0 unspecified atom stereocenters. The fourth-order valence-electron chi connectivity index (χ4n) is 3.84. The van der Waals surface area contributed by atoms with Crippen LogP contribution in [0.2, 0.25) is 10.0 Å². The smallest absolute Gasteiger partial charge is 0.148 e. The van der Waals surface area contributed by atoms with Crippen LogP contribution in [0.15, 0.2) is 42.6 Å². The number of nitrogens with one attached hydrogen (secondary N) is 1. The lowest BCUT2D eigenvalue weighted by Gasteiger charge is -2.20. The Morgan fingerprint density at radius 2 is 1.87 bits per heavy atom. The van der Waals surface area contributed by atoms with Crippen LogP contribution in [0.1, 0.15) is 25.2 Å². The van der Waals surface area contributed by atoms with Crippen LogP contribution in [-0.4, -0.2) is 45.3 Å². The molecular formula is C23H25Cl2N5O. The molecule has 31 heavy (non-hydrogen) atoms. The molecule has 1 aliphatic rings. The van der Waals surface area contributed by atoms with Crippen LogP contribution in [0.25, 0.3) is 11.3 Å². The van der Waals surface area contributed by atoms with Crippen molar-refractivity contribution in [3.63, 3.8) is 0 Å². The molecule has 3 heterocycles. The van der Waals surface area contributed by atoms with Crippen molar-refractivity contribution in [2.75, 3.05) is 23.3 Å². The minimum Gasteiger partial charge on any atom is -0.389 e. The van der Waals surface area contributed by atoms with Gasteiger partial charge in [0.1, 0.15) is 11.6 Å². The van der Waals surface area contributed by atoms with Crippen molar-refractivity contribution in [1.29, 1.82) is 0 Å². The van der Waals surface area contributed by atoms with E-state index in [1.54, 1.807) is 12.3 Å². The van der Waals surface area contributed by atoms with Crippen LogP contribution in [0.4, 0.5) is 11.6 Å². The van der Waals surface area contributed by atoms with E-state index in [1.807, 2.05) is 44.2 Å². The maximum atomic E-state index is 10.7.